The molecule has 0 fully saturated rings. The molecular formula is C16H24INO. The molecule has 0 bridgehead atoms. The van der Waals surface area contributed by atoms with Crippen LogP contribution >= 0.6 is 22.6 Å². The molecule has 0 heterocycles. The Bertz CT molecular complexity index is 384. The highest BCUT2D eigenvalue weighted by Gasteiger charge is 2.14. The molecule has 1 aromatic carbocycles. The van der Waals surface area contributed by atoms with Crippen molar-refractivity contribution >= 4 is 28.5 Å². The third-order valence-electron chi connectivity index (χ3n) is 3.22. The normalized spacial score (nSPS) is 10.5. The summed E-state index contributed by atoms with van der Waals surface area (Å²) in [6, 6.07) is 8.14. The number of nitrogens with zero attached hydrogens (tertiary/aromatic N) is 1. The molecule has 19 heavy (non-hydrogen) atoms. The van der Waals surface area contributed by atoms with Gasteiger partial charge in [0.15, 0.2) is 0 Å². The molecule has 0 spiro atoms. The summed E-state index contributed by atoms with van der Waals surface area (Å²) in [6.07, 6.45) is 5.01. The Balaban J connectivity index is 2.62. The Labute approximate surface area is 130 Å². The summed E-state index contributed by atoms with van der Waals surface area (Å²) in [4.78, 5) is 14.4. The van der Waals surface area contributed by atoms with Gasteiger partial charge in [-0.25, -0.2) is 0 Å². The van der Waals surface area contributed by atoms with Crippen LogP contribution in [0.3, 0.4) is 0 Å². The van der Waals surface area contributed by atoms with Crippen LogP contribution in [0, 0.1) is 3.57 Å². The quantitative estimate of drug-likeness (QED) is 0.624. The minimum Gasteiger partial charge on any atom is -0.342 e. The van der Waals surface area contributed by atoms with Crippen LogP contribution in [-0.2, 0) is 11.2 Å². The summed E-state index contributed by atoms with van der Waals surface area (Å²) in [7, 11) is 0. The van der Waals surface area contributed by atoms with E-state index in [1.54, 1.807) is 0 Å². The van der Waals surface area contributed by atoms with Crippen LogP contribution in [0.5, 0.6) is 0 Å². The molecule has 0 radical (unpaired) electrons. The van der Waals surface area contributed by atoms with Crippen molar-refractivity contribution in [2.75, 3.05) is 13.1 Å². The van der Waals surface area contributed by atoms with Gasteiger partial charge in [-0.05, 0) is 47.1 Å². The zero-order valence-electron chi connectivity index (χ0n) is 12.0. The molecule has 1 rings (SSSR count). The molecule has 0 saturated carbocycles. The molecule has 0 aliphatic heterocycles. The number of unbranched alkanes of at least 4 members (excludes halogenated alkanes) is 2. The third kappa shape index (κ3) is 5.93. The lowest BCUT2D eigenvalue weighted by Crippen LogP contribution is -2.34. The van der Waals surface area contributed by atoms with E-state index in [2.05, 4.69) is 48.6 Å². The highest BCUT2D eigenvalue weighted by molar-refractivity contribution is 14.1. The van der Waals surface area contributed by atoms with Crippen molar-refractivity contribution < 1.29 is 4.79 Å². The molecular weight excluding hydrogens is 349 g/mol. The van der Waals surface area contributed by atoms with E-state index in [-0.39, 0.29) is 5.91 Å². The van der Waals surface area contributed by atoms with Crippen LogP contribution in [0.1, 0.15) is 45.1 Å². The van der Waals surface area contributed by atoms with Crippen LogP contribution in [0.25, 0.3) is 0 Å². The predicted molar refractivity (Wildman–Crippen MR) is 89.3 cm³/mol. The molecule has 2 nitrogen and oxygen atoms in total. The second-order valence-electron chi connectivity index (χ2n) is 4.86. The number of benzene rings is 1. The first-order valence-electron chi connectivity index (χ1n) is 7.20. The van der Waals surface area contributed by atoms with Gasteiger partial charge >= 0.3 is 0 Å². The second-order valence-corrected chi connectivity index (χ2v) is 6.02. The van der Waals surface area contributed by atoms with Gasteiger partial charge < -0.3 is 4.90 Å². The highest BCUT2D eigenvalue weighted by Crippen LogP contribution is 2.13. The standard InChI is InChI=1S/C16H24INO/c1-3-5-11-18(12-6-4-2)16(19)13-14-9-7-8-10-15(14)17/h7-10H,3-6,11-13H2,1-2H3. The smallest absolute Gasteiger partial charge is 0.227 e. The molecule has 0 aliphatic carbocycles. The molecule has 106 valence electrons. The van der Waals surface area contributed by atoms with Crippen LogP contribution in [0.15, 0.2) is 24.3 Å². The molecule has 0 saturated heterocycles. The number of hydrogen-bond donors (Lipinski definition) is 0. The Morgan fingerprint density at radius 2 is 1.68 bits per heavy atom. The fraction of sp³-hybridized carbons (Fsp3) is 0.562. The molecule has 1 amide bonds. The van der Waals surface area contributed by atoms with Gasteiger partial charge in [-0.3, -0.25) is 4.79 Å². The zero-order chi connectivity index (χ0) is 14.1. The fourth-order valence-corrected chi connectivity index (χ4v) is 2.55. The van der Waals surface area contributed by atoms with E-state index in [0.29, 0.717) is 6.42 Å². The third-order valence-corrected chi connectivity index (χ3v) is 4.27. The van der Waals surface area contributed by atoms with Crippen molar-refractivity contribution in [3.8, 4) is 0 Å². The maximum atomic E-state index is 12.4. The summed E-state index contributed by atoms with van der Waals surface area (Å²) in [6.45, 7) is 6.14. The maximum Gasteiger partial charge on any atom is 0.227 e. The van der Waals surface area contributed by atoms with Gasteiger partial charge in [0, 0.05) is 16.7 Å². The van der Waals surface area contributed by atoms with E-state index in [0.717, 1.165) is 44.3 Å². The average Bonchev–Trinajstić information content (AvgIpc) is 2.41. The lowest BCUT2D eigenvalue weighted by molar-refractivity contribution is -0.130. The summed E-state index contributed by atoms with van der Waals surface area (Å²) in [5.74, 6) is 0.269. The van der Waals surface area contributed by atoms with Crippen molar-refractivity contribution in [2.45, 2.75) is 46.0 Å². The topological polar surface area (TPSA) is 20.3 Å². The van der Waals surface area contributed by atoms with Gasteiger partial charge in [0.1, 0.15) is 0 Å². The lowest BCUT2D eigenvalue weighted by Gasteiger charge is -2.22. The lowest BCUT2D eigenvalue weighted by atomic mass is 10.1. The first-order chi connectivity index (χ1) is 9.19. The highest BCUT2D eigenvalue weighted by atomic mass is 127. The minimum atomic E-state index is 0.269. The molecule has 0 N–H and O–H groups in total. The van der Waals surface area contributed by atoms with E-state index >= 15 is 0 Å². The van der Waals surface area contributed by atoms with Gasteiger partial charge in [-0.2, -0.15) is 0 Å². The zero-order valence-corrected chi connectivity index (χ0v) is 14.2. The van der Waals surface area contributed by atoms with Crippen molar-refractivity contribution in [2.24, 2.45) is 0 Å². The summed E-state index contributed by atoms with van der Waals surface area (Å²) < 4.78 is 1.18. The largest absolute Gasteiger partial charge is 0.342 e. The number of rotatable bonds is 8. The predicted octanol–water partition coefficient (Wildman–Crippen LogP) is 4.26. The minimum absolute atomic E-state index is 0.269. The van der Waals surface area contributed by atoms with Crippen LogP contribution in [0.2, 0.25) is 0 Å². The monoisotopic (exact) mass is 373 g/mol. The van der Waals surface area contributed by atoms with Crippen molar-refractivity contribution in [3.05, 3.63) is 33.4 Å². The van der Waals surface area contributed by atoms with Gasteiger partial charge in [0.2, 0.25) is 5.91 Å². The molecule has 0 atom stereocenters. The molecule has 0 unspecified atom stereocenters. The Hall–Kier alpha value is -0.580. The maximum absolute atomic E-state index is 12.4. The first kappa shape index (κ1) is 16.5. The van der Waals surface area contributed by atoms with Crippen LogP contribution in [-0.4, -0.2) is 23.9 Å². The van der Waals surface area contributed by atoms with E-state index in [1.165, 1.54) is 3.57 Å². The SMILES string of the molecule is CCCCN(CCCC)C(=O)Cc1ccccc1I. The number of hydrogen-bond acceptors (Lipinski definition) is 1. The Morgan fingerprint density at radius 3 is 2.21 bits per heavy atom. The first-order valence-corrected chi connectivity index (χ1v) is 8.28. The van der Waals surface area contributed by atoms with Crippen molar-refractivity contribution in [3.63, 3.8) is 0 Å². The van der Waals surface area contributed by atoms with E-state index in [1.807, 2.05) is 17.0 Å². The van der Waals surface area contributed by atoms with Gasteiger partial charge in [0.05, 0.1) is 6.42 Å². The second kappa shape index (κ2) is 9.34. The molecule has 0 aliphatic rings. The van der Waals surface area contributed by atoms with Gasteiger partial charge in [0.25, 0.3) is 0 Å². The van der Waals surface area contributed by atoms with Crippen molar-refractivity contribution in [1.29, 1.82) is 0 Å². The Morgan fingerprint density at radius 1 is 1.11 bits per heavy atom. The average molecular weight is 373 g/mol. The van der Waals surface area contributed by atoms with E-state index in [4.69, 9.17) is 0 Å². The summed E-state index contributed by atoms with van der Waals surface area (Å²) >= 11 is 2.30. The van der Waals surface area contributed by atoms with Crippen LogP contribution < -0.4 is 0 Å². The summed E-state index contributed by atoms with van der Waals surface area (Å²) in [5, 5.41) is 0. The molecule has 3 heteroatoms. The van der Waals surface area contributed by atoms with E-state index in [9.17, 15) is 4.79 Å². The number of carbonyl (C=O) groups is 1. The van der Waals surface area contributed by atoms with Crippen molar-refractivity contribution in [1.82, 2.24) is 4.90 Å². The Kier molecular flexibility index (Phi) is 8.10. The molecule has 1 aromatic rings. The molecule has 0 aromatic heterocycles. The van der Waals surface area contributed by atoms with Gasteiger partial charge in [-0.15, -0.1) is 0 Å². The number of carbonyl (C=O) groups excluding carboxylic acids is 1. The number of halogens is 1. The fourth-order valence-electron chi connectivity index (χ4n) is 1.98. The van der Waals surface area contributed by atoms with Gasteiger partial charge in [-0.1, -0.05) is 44.9 Å². The van der Waals surface area contributed by atoms with E-state index < -0.39 is 0 Å². The number of amides is 1. The summed E-state index contributed by atoms with van der Waals surface area (Å²) in [5.41, 5.74) is 1.14. The van der Waals surface area contributed by atoms with Crippen LogP contribution in [0.4, 0.5) is 0 Å².